The zero-order chi connectivity index (χ0) is 14.8. The minimum atomic E-state index is -0.515. The number of aromatic nitrogens is 4. The van der Waals surface area contributed by atoms with Crippen LogP contribution in [0.4, 0.5) is 5.00 Å². The molecular weight excluding hydrogens is 294 g/mol. The summed E-state index contributed by atoms with van der Waals surface area (Å²) in [5.41, 5.74) is 1.39. The van der Waals surface area contributed by atoms with Gasteiger partial charge in [0.1, 0.15) is 5.00 Å². The molecule has 1 aliphatic rings. The first kappa shape index (κ1) is 13.7. The topological polar surface area (TPSA) is 110 Å². The van der Waals surface area contributed by atoms with Gasteiger partial charge >= 0.3 is 5.97 Å². The summed E-state index contributed by atoms with van der Waals surface area (Å²) in [6.07, 6.45) is 2.11. The largest absolute Gasteiger partial charge is 0.462 e. The number of nitrogens with one attached hydrogen (secondary N) is 2. The molecule has 9 heteroatoms. The zero-order valence-electron chi connectivity index (χ0n) is 11.3. The molecule has 0 spiro atoms. The van der Waals surface area contributed by atoms with Crippen molar-refractivity contribution in [3.8, 4) is 0 Å². The van der Waals surface area contributed by atoms with Crippen LogP contribution >= 0.6 is 11.3 Å². The average molecular weight is 307 g/mol. The van der Waals surface area contributed by atoms with E-state index in [9.17, 15) is 9.59 Å². The van der Waals surface area contributed by atoms with Gasteiger partial charge in [0.05, 0.1) is 12.2 Å². The van der Waals surface area contributed by atoms with Crippen molar-refractivity contribution < 1.29 is 14.3 Å². The fourth-order valence-corrected chi connectivity index (χ4v) is 3.01. The number of esters is 1. The van der Waals surface area contributed by atoms with Crippen molar-refractivity contribution >= 4 is 28.2 Å². The Morgan fingerprint density at radius 2 is 2.33 bits per heavy atom. The minimum Gasteiger partial charge on any atom is -0.462 e. The first-order valence-corrected chi connectivity index (χ1v) is 7.42. The summed E-state index contributed by atoms with van der Waals surface area (Å²) < 4.78 is 5.08. The summed E-state index contributed by atoms with van der Waals surface area (Å²) in [5.74, 6) is -0.620. The number of amides is 1. The Morgan fingerprint density at radius 3 is 2.95 bits per heavy atom. The molecule has 0 aliphatic heterocycles. The van der Waals surface area contributed by atoms with Crippen LogP contribution in [-0.2, 0) is 4.74 Å². The number of aromatic amines is 1. The van der Waals surface area contributed by atoms with Crippen molar-refractivity contribution in [2.45, 2.75) is 25.7 Å². The van der Waals surface area contributed by atoms with Crippen molar-refractivity contribution in [1.29, 1.82) is 0 Å². The number of H-pyrrole nitrogens is 1. The molecule has 0 atom stereocenters. The molecule has 2 aromatic heterocycles. The number of nitrogens with zero attached hydrogens (tertiary/aromatic N) is 3. The maximum absolute atomic E-state index is 12.1. The molecule has 1 fully saturated rings. The van der Waals surface area contributed by atoms with Crippen molar-refractivity contribution in [3.63, 3.8) is 0 Å². The van der Waals surface area contributed by atoms with Gasteiger partial charge in [0.25, 0.3) is 11.7 Å². The van der Waals surface area contributed by atoms with Crippen LogP contribution in [0.25, 0.3) is 0 Å². The molecule has 0 saturated heterocycles. The SMILES string of the molecule is CCOC(=O)c1c(C2CC2)csc1NC(=O)c1nn[nH]n1. The molecule has 8 nitrogen and oxygen atoms in total. The Morgan fingerprint density at radius 1 is 1.52 bits per heavy atom. The van der Waals surface area contributed by atoms with Crippen LogP contribution in [0.2, 0.25) is 0 Å². The van der Waals surface area contributed by atoms with Gasteiger partial charge in [0.15, 0.2) is 0 Å². The Balaban J connectivity index is 1.87. The van der Waals surface area contributed by atoms with Gasteiger partial charge in [0.2, 0.25) is 0 Å². The molecule has 2 N–H and O–H groups in total. The van der Waals surface area contributed by atoms with E-state index in [0.29, 0.717) is 16.5 Å². The number of carbonyl (C=O) groups excluding carboxylic acids is 2. The molecule has 110 valence electrons. The van der Waals surface area contributed by atoms with Gasteiger partial charge in [-0.2, -0.15) is 5.21 Å². The maximum Gasteiger partial charge on any atom is 0.341 e. The Kier molecular flexibility index (Phi) is 3.65. The highest BCUT2D eigenvalue weighted by molar-refractivity contribution is 7.15. The third-order valence-electron chi connectivity index (χ3n) is 3.09. The predicted octanol–water partition coefficient (Wildman–Crippen LogP) is 1.57. The molecule has 1 amide bonds. The van der Waals surface area contributed by atoms with E-state index in [0.717, 1.165) is 18.4 Å². The lowest BCUT2D eigenvalue weighted by Crippen LogP contribution is -2.16. The Hall–Kier alpha value is -2.29. The van der Waals surface area contributed by atoms with Crippen LogP contribution in [0.5, 0.6) is 0 Å². The molecule has 1 aliphatic carbocycles. The lowest BCUT2D eigenvalue weighted by atomic mass is 10.1. The second-order valence-electron chi connectivity index (χ2n) is 4.58. The third-order valence-corrected chi connectivity index (χ3v) is 4.01. The van der Waals surface area contributed by atoms with Gasteiger partial charge in [-0.05, 0) is 41.8 Å². The highest BCUT2D eigenvalue weighted by Crippen LogP contribution is 2.46. The summed E-state index contributed by atoms with van der Waals surface area (Å²) in [6, 6.07) is 0. The predicted molar refractivity (Wildman–Crippen MR) is 74.4 cm³/mol. The second-order valence-corrected chi connectivity index (χ2v) is 5.46. The van der Waals surface area contributed by atoms with Crippen molar-refractivity contribution in [2.75, 3.05) is 11.9 Å². The average Bonchev–Trinajstić information content (AvgIpc) is 3.01. The van der Waals surface area contributed by atoms with Crippen molar-refractivity contribution in [3.05, 3.63) is 22.3 Å². The minimum absolute atomic E-state index is 0.0776. The lowest BCUT2D eigenvalue weighted by Gasteiger charge is -2.06. The Labute approximate surface area is 123 Å². The quantitative estimate of drug-likeness (QED) is 0.811. The van der Waals surface area contributed by atoms with E-state index in [1.54, 1.807) is 6.92 Å². The normalized spacial score (nSPS) is 14.0. The summed E-state index contributed by atoms with van der Waals surface area (Å²) in [7, 11) is 0. The first-order chi connectivity index (χ1) is 10.2. The first-order valence-electron chi connectivity index (χ1n) is 6.54. The molecule has 0 aromatic carbocycles. The number of hydrogen-bond donors (Lipinski definition) is 2. The van der Waals surface area contributed by atoms with Gasteiger partial charge in [-0.25, -0.2) is 4.79 Å². The number of rotatable bonds is 5. The summed E-state index contributed by atoms with van der Waals surface area (Å²) in [4.78, 5) is 24.1. The van der Waals surface area contributed by atoms with E-state index in [1.165, 1.54) is 11.3 Å². The fourth-order valence-electron chi connectivity index (χ4n) is 1.99. The number of tetrazole rings is 1. The lowest BCUT2D eigenvalue weighted by molar-refractivity contribution is 0.0527. The van der Waals surface area contributed by atoms with Crippen molar-refractivity contribution in [1.82, 2.24) is 20.6 Å². The molecule has 1 saturated carbocycles. The van der Waals surface area contributed by atoms with E-state index in [4.69, 9.17) is 4.74 Å². The third kappa shape index (κ3) is 2.77. The number of thiophene rings is 1. The molecule has 0 bridgehead atoms. The highest BCUT2D eigenvalue weighted by atomic mass is 32.1. The highest BCUT2D eigenvalue weighted by Gasteiger charge is 2.32. The standard InChI is InChI=1S/C12H13N5O3S/c1-2-20-12(19)8-7(6-3-4-6)5-21-11(8)13-10(18)9-14-16-17-15-9/h5-6H,2-4H2,1H3,(H,13,18)(H,14,15,16,17). The van der Waals surface area contributed by atoms with Crippen LogP contribution in [0, 0.1) is 0 Å². The molecular formula is C12H13N5O3S. The number of ether oxygens (including phenoxy) is 1. The summed E-state index contributed by atoms with van der Waals surface area (Å²) in [5, 5.41) is 17.8. The van der Waals surface area contributed by atoms with Gasteiger partial charge in [-0.1, -0.05) is 0 Å². The summed E-state index contributed by atoms with van der Waals surface area (Å²) >= 11 is 1.31. The van der Waals surface area contributed by atoms with Crippen LogP contribution < -0.4 is 5.32 Å². The molecule has 2 aromatic rings. The van der Waals surface area contributed by atoms with Crippen LogP contribution in [0.3, 0.4) is 0 Å². The van der Waals surface area contributed by atoms with Gasteiger partial charge < -0.3 is 10.1 Å². The molecule has 21 heavy (non-hydrogen) atoms. The second kappa shape index (κ2) is 5.60. The van der Waals surface area contributed by atoms with Gasteiger partial charge in [-0.15, -0.1) is 21.5 Å². The maximum atomic E-state index is 12.1. The number of anilines is 1. The van der Waals surface area contributed by atoms with E-state index in [2.05, 4.69) is 25.9 Å². The van der Waals surface area contributed by atoms with E-state index < -0.39 is 11.9 Å². The van der Waals surface area contributed by atoms with E-state index >= 15 is 0 Å². The summed E-state index contributed by atoms with van der Waals surface area (Å²) in [6.45, 7) is 2.04. The van der Waals surface area contributed by atoms with Crippen LogP contribution in [0.15, 0.2) is 5.38 Å². The molecule has 2 heterocycles. The number of hydrogen-bond acceptors (Lipinski definition) is 7. The van der Waals surface area contributed by atoms with Gasteiger partial charge in [-0.3, -0.25) is 4.79 Å². The van der Waals surface area contributed by atoms with Crippen molar-refractivity contribution in [2.24, 2.45) is 0 Å². The zero-order valence-corrected chi connectivity index (χ0v) is 12.1. The smallest absolute Gasteiger partial charge is 0.341 e. The van der Waals surface area contributed by atoms with E-state index in [1.807, 2.05) is 5.38 Å². The fraction of sp³-hybridized carbons (Fsp3) is 0.417. The van der Waals surface area contributed by atoms with E-state index in [-0.39, 0.29) is 12.4 Å². The molecule has 0 unspecified atom stereocenters. The van der Waals surface area contributed by atoms with Gasteiger partial charge in [0, 0.05) is 0 Å². The Bertz CT molecular complexity index is 662. The van der Waals surface area contributed by atoms with Crippen LogP contribution in [-0.4, -0.2) is 39.1 Å². The monoisotopic (exact) mass is 307 g/mol. The number of carbonyl (C=O) groups is 2. The van der Waals surface area contributed by atoms with Crippen LogP contribution in [0.1, 0.15) is 52.2 Å². The molecule has 0 radical (unpaired) electrons. The molecule has 3 rings (SSSR count).